The number of hydrogen-bond acceptors (Lipinski definition) is 6. The van der Waals surface area contributed by atoms with Gasteiger partial charge in [0, 0.05) is 31.3 Å². The molecule has 0 bridgehead atoms. The zero-order chi connectivity index (χ0) is 25.8. The summed E-state index contributed by atoms with van der Waals surface area (Å²) in [5.74, 6) is -1.13. The molecule has 1 fully saturated rings. The zero-order valence-corrected chi connectivity index (χ0v) is 20.6. The van der Waals surface area contributed by atoms with E-state index in [2.05, 4.69) is 15.3 Å². The Morgan fingerprint density at radius 2 is 1.81 bits per heavy atom. The fourth-order valence-electron chi connectivity index (χ4n) is 4.46. The van der Waals surface area contributed by atoms with Gasteiger partial charge in [-0.05, 0) is 55.2 Å². The number of nitrogen functional groups attached to an aromatic ring is 1. The highest BCUT2D eigenvalue weighted by Crippen LogP contribution is 2.33. The number of urea groups is 1. The summed E-state index contributed by atoms with van der Waals surface area (Å²) in [6.07, 6.45) is 5.63. The Hall–Kier alpha value is -4.27. The molecule has 3 N–H and O–H groups in total. The first-order valence-corrected chi connectivity index (χ1v) is 11.9. The van der Waals surface area contributed by atoms with Gasteiger partial charge < -0.3 is 16.0 Å². The van der Waals surface area contributed by atoms with E-state index < -0.39 is 23.9 Å². The average molecular weight is 487 g/mol. The summed E-state index contributed by atoms with van der Waals surface area (Å²) in [4.78, 5) is 50.7. The second kappa shape index (κ2) is 10.6. The summed E-state index contributed by atoms with van der Waals surface area (Å²) in [6.45, 7) is 3.95. The Morgan fingerprint density at radius 3 is 2.44 bits per heavy atom. The van der Waals surface area contributed by atoms with Crippen LogP contribution in [0.5, 0.6) is 0 Å². The van der Waals surface area contributed by atoms with Crippen molar-refractivity contribution in [2.24, 2.45) is 5.92 Å². The molecule has 4 rings (SSSR count). The zero-order valence-electron chi connectivity index (χ0n) is 20.6. The number of carbonyl (C=O) groups excluding carboxylic acids is 3. The molecule has 3 aromatic rings. The minimum absolute atomic E-state index is 0.269. The first kappa shape index (κ1) is 24.8. The third-order valence-electron chi connectivity index (χ3n) is 6.55. The van der Waals surface area contributed by atoms with Gasteiger partial charge in [0.05, 0.1) is 12.0 Å². The molecule has 9 nitrogen and oxygen atoms in total. The normalized spacial score (nSPS) is 17.8. The second-order valence-corrected chi connectivity index (χ2v) is 8.98. The molecule has 3 heterocycles. The van der Waals surface area contributed by atoms with Crippen molar-refractivity contribution in [3.63, 3.8) is 0 Å². The molecule has 1 aliphatic rings. The number of β-lactam (4-membered cyclic amide) rings is 1. The molecular weight excluding hydrogens is 456 g/mol. The number of imide groups is 1. The lowest BCUT2D eigenvalue weighted by atomic mass is 9.81. The topological polar surface area (TPSA) is 122 Å². The van der Waals surface area contributed by atoms with Gasteiger partial charge in [-0.3, -0.25) is 19.5 Å². The van der Waals surface area contributed by atoms with E-state index in [-0.39, 0.29) is 18.4 Å². The SMILES string of the molecule is CC[C@@H](NC(=O)N1C(=O)[C@H](Cc2ccnc(N)c2)[C@H]1C(=O)N(C)c1ccncc1)c1ccc(C)cc1. The van der Waals surface area contributed by atoms with E-state index in [0.717, 1.165) is 21.6 Å². The van der Waals surface area contributed by atoms with Gasteiger partial charge in [-0.25, -0.2) is 9.78 Å². The Kier molecular flexibility index (Phi) is 7.28. The molecule has 2 aromatic heterocycles. The predicted octanol–water partition coefficient (Wildman–Crippen LogP) is 3.26. The van der Waals surface area contributed by atoms with Gasteiger partial charge in [0.2, 0.25) is 5.91 Å². The van der Waals surface area contributed by atoms with Crippen molar-refractivity contribution in [2.75, 3.05) is 17.7 Å². The number of nitrogens with two attached hydrogens (primary N) is 1. The summed E-state index contributed by atoms with van der Waals surface area (Å²) >= 11 is 0. The van der Waals surface area contributed by atoms with Gasteiger partial charge in [0.25, 0.3) is 5.91 Å². The van der Waals surface area contributed by atoms with Crippen molar-refractivity contribution in [2.45, 2.75) is 38.8 Å². The van der Waals surface area contributed by atoms with Crippen LogP contribution in [0.4, 0.5) is 16.3 Å². The first-order valence-electron chi connectivity index (χ1n) is 11.9. The smallest absolute Gasteiger partial charge is 0.325 e. The lowest BCUT2D eigenvalue weighted by molar-refractivity contribution is -0.156. The van der Waals surface area contributed by atoms with Crippen LogP contribution in [-0.4, -0.2) is 45.8 Å². The van der Waals surface area contributed by atoms with E-state index in [1.165, 1.54) is 4.90 Å². The van der Waals surface area contributed by atoms with Gasteiger partial charge in [-0.15, -0.1) is 0 Å². The molecule has 3 atom stereocenters. The number of amides is 4. The molecule has 0 spiro atoms. The number of nitrogens with zero attached hydrogens (tertiary/aromatic N) is 4. The molecular formula is C27H30N6O3. The molecule has 0 aliphatic carbocycles. The molecule has 9 heteroatoms. The highest BCUT2D eigenvalue weighted by atomic mass is 16.2. The van der Waals surface area contributed by atoms with Gasteiger partial charge >= 0.3 is 6.03 Å². The number of likely N-dealkylation sites (N-methyl/N-ethyl adjacent to an activating group) is 1. The van der Waals surface area contributed by atoms with Crippen molar-refractivity contribution < 1.29 is 14.4 Å². The number of aromatic nitrogens is 2. The molecule has 0 unspecified atom stereocenters. The molecule has 186 valence electrons. The number of benzene rings is 1. The summed E-state index contributed by atoms with van der Waals surface area (Å²) in [6, 6.07) is 12.9. The van der Waals surface area contributed by atoms with Crippen molar-refractivity contribution in [3.05, 3.63) is 83.8 Å². The number of anilines is 2. The number of aryl methyl sites for hydroxylation is 1. The van der Waals surface area contributed by atoms with Crippen LogP contribution in [0, 0.1) is 12.8 Å². The van der Waals surface area contributed by atoms with E-state index >= 15 is 0 Å². The Balaban J connectivity index is 1.59. The molecule has 0 radical (unpaired) electrons. The number of nitrogens with one attached hydrogen (secondary N) is 1. The molecule has 0 saturated carbocycles. The maximum Gasteiger partial charge on any atom is 0.325 e. The van der Waals surface area contributed by atoms with Gasteiger partial charge in [0.15, 0.2) is 0 Å². The number of pyridine rings is 2. The van der Waals surface area contributed by atoms with Crippen LogP contribution in [0.3, 0.4) is 0 Å². The molecule has 1 saturated heterocycles. The van der Waals surface area contributed by atoms with Gasteiger partial charge in [-0.1, -0.05) is 36.8 Å². The molecule has 1 aromatic carbocycles. The molecule has 36 heavy (non-hydrogen) atoms. The van der Waals surface area contributed by atoms with E-state index in [4.69, 9.17) is 5.73 Å². The van der Waals surface area contributed by atoms with Crippen LogP contribution in [0.1, 0.15) is 36.1 Å². The van der Waals surface area contributed by atoms with E-state index in [1.54, 1.807) is 49.9 Å². The quantitative estimate of drug-likeness (QED) is 0.495. The predicted molar refractivity (Wildman–Crippen MR) is 137 cm³/mol. The minimum atomic E-state index is -0.958. The van der Waals surface area contributed by atoms with Crippen LogP contribution in [0.15, 0.2) is 67.1 Å². The summed E-state index contributed by atoms with van der Waals surface area (Å²) < 4.78 is 0. The van der Waals surface area contributed by atoms with Gasteiger partial charge in [0.1, 0.15) is 11.9 Å². The van der Waals surface area contributed by atoms with Crippen LogP contribution in [0.2, 0.25) is 0 Å². The Morgan fingerprint density at radius 1 is 1.11 bits per heavy atom. The lowest BCUT2D eigenvalue weighted by Gasteiger charge is -2.46. The van der Waals surface area contributed by atoms with Crippen molar-refractivity contribution >= 4 is 29.4 Å². The van der Waals surface area contributed by atoms with E-state index in [1.807, 2.05) is 38.1 Å². The number of rotatable bonds is 7. The average Bonchev–Trinajstić information content (AvgIpc) is 2.89. The van der Waals surface area contributed by atoms with E-state index in [9.17, 15) is 14.4 Å². The second-order valence-electron chi connectivity index (χ2n) is 8.98. The molecule has 4 amide bonds. The first-order chi connectivity index (χ1) is 17.3. The number of likely N-dealkylation sites (tertiary alicyclic amines) is 1. The van der Waals surface area contributed by atoms with Crippen LogP contribution in [-0.2, 0) is 16.0 Å². The van der Waals surface area contributed by atoms with Crippen LogP contribution in [0.25, 0.3) is 0 Å². The monoisotopic (exact) mass is 486 g/mol. The van der Waals surface area contributed by atoms with Crippen molar-refractivity contribution in [1.29, 1.82) is 0 Å². The minimum Gasteiger partial charge on any atom is -0.384 e. The summed E-state index contributed by atoms with van der Waals surface area (Å²) in [7, 11) is 1.62. The third-order valence-corrected chi connectivity index (χ3v) is 6.55. The maximum absolute atomic E-state index is 13.6. The number of hydrogen-bond donors (Lipinski definition) is 2. The van der Waals surface area contributed by atoms with Gasteiger partial charge in [-0.2, -0.15) is 0 Å². The molecule has 1 aliphatic heterocycles. The maximum atomic E-state index is 13.6. The largest absolute Gasteiger partial charge is 0.384 e. The van der Waals surface area contributed by atoms with Crippen molar-refractivity contribution in [1.82, 2.24) is 20.2 Å². The standard InChI is InChI=1S/C27H30N6O3/c1-4-22(19-7-5-17(2)6-8-19)31-27(36)33-24(26(35)32(3)20-10-12-29-13-11-20)21(25(33)34)15-18-9-14-30-23(28)16-18/h5-14,16,21-22,24H,4,15H2,1-3H3,(H2,28,30)(H,31,36)/t21-,22-,24+/m1/s1. The van der Waals surface area contributed by atoms with Crippen molar-refractivity contribution in [3.8, 4) is 0 Å². The fraction of sp³-hybridized carbons (Fsp3) is 0.296. The lowest BCUT2D eigenvalue weighted by Crippen LogP contribution is -2.70. The number of carbonyl (C=O) groups is 3. The van der Waals surface area contributed by atoms with Crippen LogP contribution < -0.4 is 16.0 Å². The Bertz CT molecular complexity index is 1250. The Labute approximate surface area is 210 Å². The summed E-state index contributed by atoms with van der Waals surface area (Å²) in [5, 5.41) is 2.95. The van der Waals surface area contributed by atoms with E-state index in [0.29, 0.717) is 17.9 Å². The fourth-order valence-corrected chi connectivity index (χ4v) is 4.46. The highest BCUT2D eigenvalue weighted by molar-refractivity contribution is 6.12. The summed E-state index contributed by atoms with van der Waals surface area (Å²) in [5.41, 5.74) is 9.25. The van der Waals surface area contributed by atoms with Crippen LogP contribution >= 0.6 is 0 Å². The highest BCUT2D eigenvalue weighted by Gasteiger charge is 2.55. The third kappa shape index (κ3) is 5.05.